The molecule has 0 radical (unpaired) electrons. The number of para-hydroxylation sites is 1. The van der Waals surface area contributed by atoms with Crippen molar-refractivity contribution in [2.45, 2.75) is 12.5 Å². The van der Waals surface area contributed by atoms with Gasteiger partial charge in [-0.05, 0) is 29.8 Å². The van der Waals surface area contributed by atoms with Gasteiger partial charge < -0.3 is 24.9 Å². The van der Waals surface area contributed by atoms with Crippen LogP contribution >= 0.6 is 0 Å². The van der Waals surface area contributed by atoms with Gasteiger partial charge in [0.1, 0.15) is 18.1 Å². The Kier molecular flexibility index (Phi) is 6.03. The van der Waals surface area contributed by atoms with E-state index in [1.807, 2.05) is 60.7 Å². The number of hydrogen-bond donors (Lipinski definition) is 2. The van der Waals surface area contributed by atoms with E-state index in [0.717, 1.165) is 11.3 Å². The molecule has 0 bridgehead atoms. The molecule has 4 rings (SSSR count). The van der Waals surface area contributed by atoms with Crippen LogP contribution in [0.25, 0.3) is 0 Å². The smallest absolute Gasteiger partial charge is 0.276 e. The highest BCUT2D eigenvalue weighted by Gasteiger charge is 2.34. The average molecular weight is 414 g/mol. The van der Waals surface area contributed by atoms with Crippen LogP contribution in [0.3, 0.4) is 0 Å². The zero-order chi connectivity index (χ0) is 21.6. The van der Waals surface area contributed by atoms with Crippen LogP contribution in [0.15, 0.2) is 83.5 Å². The number of nitrogens with zero attached hydrogens (tertiary/aromatic N) is 2. The van der Waals surface area contributed by atoms with Crippen molar-refractivity contribution in [1.29, 1.82) is 10.8 Å². The second-order valence-corrected chi connectivity index (χ2v) is 7.20. The Labute approximate surface area is 180 Å². The molecule has 2 N–H and O–H groups in total. The van der Waals surface area contributed by atoms with Crippen LogP contribution in [-0.4, -0.2) is 46.4 Å². The number of hydrogen-bond acceptors (Lipinski definition) is 6. The van der Waals surface area contributed by atoms with Gasteiger partial charge >= 0.3 is 0 Å². The molecule has 1 aromatic heterocycles. The van der Waals surface area contributed by atoms with Gasteiger partial charge in [-0.15, -0.1) is 0 Å². The Morgan fingerprint density at radius 1 is 1.06 bits per heavy atom. The molecule has 0 saturated carbocycles. The number of oxazole rings is 1. The molecular weight excluding hydrogens is 392 g/mol. The second-order valence-electron chi connectivity index (χ2n) is 7.20. The fraction of sp³-hybridized carbons (Fsp3) is 0.167. The summed E-state index contributed by atoms with van der Waals surface area (Å²) in [6, 6.07) is 18.8. The molecule has 0 aliphatic carbocycles. The van der Waals surface area contributed by atoms with Crippen molar-refractivity contribution >= 4 is 17.3 Å². The number of amides is 1. The lowest BCUT2D eigenvalue weighted by Gasteiger charge is -2.38. The van der Waals surface area contributed by atoms with E-state index in [1.54, 1.807) is 17.1 Å². The molecule has 3 aromatic rings. The minimum absolute atomic E-state index is 0.0315. The van der Waals surface area contributed by atoms with Crippen molar-refractivity contribution in [3.8, 4) is 5.75 Å². The van der Waals surface area contributed by atoms with Crippen LogP contribution in [0.5, 0.6) is 5.75 Å². The first kappa shape index (κ1) is 20.3. The number of rotatable bonds is 8. The van der Waals surface area contributed by atoms with E-state index in [9.17, 15) is 4.79 Å². The maximum Gasteiger partial charge on any atom is 0.276 e. The number of benzene rings is 2. The molecule has 1 saturated heterocycles. The molecule has 1 aliphatic heterocycles. The largest absolute Gasteiger partial charge is 0.487 e. The number of carbonyl (C=O) groups excluding carboxylic acids is 1. The average Bonchev–Trinajstić information content (AvgIpc) is 3.23. The summed E-state index contributed by atoms with van der Waals surface area (Å²) < 4.78 is 11.2. The van der Waals surface area contributed by atoms with Gasteiger partial charge in [0.15, 0.2) is 5.69 Å². The molecule has 2 aromatic carbocycles. The number of nitrogens with one attached hydrogen (secondary N) is 2. The zero-order valence-electron chi connectivity index (χ0n) is 16.8. The van der Waals surface area contributed by atoms with E-state index < -0.39 is 0 Å². The third-order valence-electron chi connectivity index (χ3n) is 4.83. The van der Waals surface area contributed by atoms with Crippen LogP contribution in [0.4, 0.5) is 0 Å². The summed E-state index contributed by atoms with van der Waals surface area (Å²) in [4.78, 5) is 18.4. The highest BCUT2D eigenvalue weighted by molar-refractivity contribution is 6.10. The quantitative estimate of drug-likeness (QED) is 0.548. The molecule has 7 heteroatoms. The summed E-state index contributed by atoms with van der Waals surface area (Å²) in [5, 5.41) is 16.1. The van der Waals surface area contributed by atoms with Gasteiger partial charge in [0.2, 0.25) is 5.89 Å². The highest BCUT2D eigenvalue weighted by atomic mass is 16.5. The molecule has 31 heavy (non-hydrogen) atoms. The van der Waals surface area contributed by atoms with Gasteiger partial charge in [-0.1, -0.05) is 48.5 Å². The van der Waals surface area contributed by atoms with E-state index >= 15 is 0 Å². The van der Waals surface area contributed by atoms with Gasteiger partial charge in [-0.2, -0.15) is 0 Å². The number of likely N-dealkylation sites (tertiary alicyclic amines) is 1. The van der Waals surface area contributed by atoms with Crippen LogP contribution in [0.2, 0.25) is 0 Å². The SMILES string of the molecule is N=C(/C=C\C(=N)c1ccccc1)Cc1nc(C(=O)N2CC(Oc3ccccc3)C2)co1. The first-order chi connectivity index (χ1) is 15.1. The first-order valence-electron chi connectivity index (χ1n) is 9.93. The van der Waals surface area contributed by atoms with Crippen molar-refractivity contribution in [3.05, 3.63) is 96.2 Å². The third-order valence-corrected chi connectivity index (χ3v) is 4.83. The Hall–Kier alpha value is -4.00. The van der Waals surface area contributed by atoms with Crippen LogP contribution in [0, 0.1) is 10.8 Å². The second kappa shape index (κ2) is 9.21. The predicted molar refractivity (Wildman–Crippen MR) is 117 cm³/mol. The molecule has 0 atom stereocenters. The summed E-state index contributed by atoms with van der Waals surface area (Å²) in [6.07, 6.45) is 4.55. The molecule has 1 fully saturated rings. The molecule has 0 unspecified atom stereocenters. The summed E-state index contributed by atoms with van der Waals surface area (Å²) in [5.74, 6) is 0.868. The molecule has 1 amide bonds. The van der Waals surface area contributed by atoms with Gasteiger partial charge in [0, 0.05) is 5.71 Å². The maximum absolute atomic E-state index is 12.5. The minimum Gasteiger partial charge on any atom is -0.487 e. The van der Waals surface area contributed by atoms with Gasteiger partial charge in [0.05, 0.1) is 25.2 Å². The topological polar surface area (TPSA) is 103 Å². The van der Waals surface area contributed by atoms with Crippen LogP contribution in [-0.2, 0) is 6.42 Å². The van der Waals surface area contributed by atoms with Gasteiger partial charge in [-0.25, -0.2) is 4.98 Å². The number of aromatic nitrogens is 1. The van der Waals surface area contributed by atoms with Crippen LogP contribution in [0.1, 0.15) is 21.9 Å². The lowest BCUT2D eigenvalue weighted by atomic mass is 10.1. The van der Waals surface area contributed by atoms with Crippen molar-refractivity contribution in [2.24, 2.45) is 0 Å². The highest BCUT2D eigenvalue weighted by Crippen LogP contribution is 2.19. The summed E-state index contributed by atoms with van der Waals surface area (Å²) in [6.45, 7) is 0.992. The molecule has 7 nitrogen and oxygen atoms in total. The normalized spacial score (nSPS) is 13.7. The fourth-order valence-electron chi connectivity index (χ4n) is 3.14. The van der Waals surface area contributed by atoms with E-state index in [2.05, 4.69) is 4.98 Å². The Balaban J connectivity index is 1.26. The van der Waals surface area contributed by atoms with E-state index in [1.165, 1.54) is 6.26 Å². The monoisotopic (exact) mass is 414 g/mol. The molecule has 1 aliphatic rings. The summed E-state index contributed by atoms with van der Waals surface area (Å²) in [5.41, 5.74) is 1.56. The van der Waals surface area contributed by atoms with Crippen molar-refractivity contribution in [1.82, 2.24) is 9.88 Å². The Bertz CT molecular complexity index is 1100. The predicted octanol–water partition coefficient (Wildman–Crippen LogP) is 3.76. The van der Waals surface area contributed by atoms with Crippen molar-refractivity contribution in [2.75, 3.05) is 13.1 Å². The van der Waals surface area contributed by atoms with Gasteiger partial charge in [-0.3, -0.25) is 4.79 Å². The minimum atomic E-state index is -0.212. The number of ether oxygens (including phenoxy) is 1. The lowest BCUT2D eigenvalue weighted by Crippen LogP contribution is -2.56. The summed E-state index contributed by atoms with van der Waals surface area (Å²) >= 11 is 0. The van der Waals surface area contributed by atoms with E-state index in [4.69, 9.17) is 20.0 Å². The standard InChI is InChI=1S/C24H22N4O3/c25-18(11-12-21(26)17-7-3-1-4-8-17)13-23-27-22(16-30-23)24(29)28-14-20(15-28)31-19-9-5-2-6-10-19/h1-12,16,20,25-26H,13-15H2/b12-11-,25-18?,26-21?. The number of allylic oxidation sites excluding steroid dienone is 2. The first-order valence-corrected chi connectivity index (χ1v) is 9.93. The fourth-order valence-corrected chi connectivity index (χ4v) is 3.14. The maximum atomic E-state index is 12.5. The molecule has 2 heterocycles. The molecular formula is C24H22N4O3. The summed E-state index contributed by atoms with van der Waals surface area (Å²) in [7, 11) is 0. The van der Waals surface area contributed by atoms with Crippen molar-refractivity contribution < 1.29 is 13.9 Å². The zero-order valence-corrected chi connectivity index (χ0v) is 16.8. The lowest BCUT2D eigenvalue weighted by molar-refractivity contribution is 0.0173. The molecule has 156 valence electrons. The molecule has 0 spiro atoms. The van der Waals surface area contributed by atoms with Crippen molar-refractivity contribution in [3.63, 3.8) is 0 Å². The van der Waals surface area contributed by atoms with E-state index in [0.29, 0.717) is 24.7 Å². The van der Waals surface area contributed by atoms with E-state index in [-0.39, 0.29) is 29.8 Å². The van der Waals surface area contributed by atoms with Crippen LogP contribution < -0.4 is 4.74 Å². The van der Waals surface area contributed by atoms with Gasteiger partial charge in [0.25, 0.3) is 5.91 Å². The Morgan fingerprint density at radius 3 is 2.45 bits per heavy atom. The Morgan fingerprint density at radius 2 is 1.74 bits per heavy atom. The third kappa shape index (κ3) is 5.14. The number of carbonyl (C=O) groups is 1.